The van der Waals surface area contributed by atoms with Crippen LogP contribution in [0.15, 0.2) is 48.5 Å². The van der Waals surface area contributed by atoms with Gasteiger partial charge in [0.2, 0.25) is 5.82 Å². The van der Waals surface area contributed by atoms with Crippen molar-refractivity contribution in [2.45, 2.75) is 5.92 Å². The minimum atomic E-state index is -0.912. The van der Waals surface area contributed by atoms with E-state index in [0.717, 1.165) is 22.3 Å². The second-order valence-electron chi connectivity index (χ2n) is 7.16. The van der Waals surface area contributed by atoms with E-state index < -0.39 is 18.0 Å². The molecule has 1 heterocycles. The molecule has 4 rings (SSSR count). The Morgan fingerprint density at radius 3 is 2.39 bits per heavy atom. The predicted octanol–water partition coefficient (Wildman–Crippen LogP) is 2.71. The number of thioether (sulfide) groups is 1. The summed E-state index contributed by atoms with van der Waals surface area (Å²) in [6.45, 7) is 0.415. The van der Waals surface area contributed by atoms with Gasteiger partial charge in [-0.05, 0) is 22.3 Å². The van der Waals surface area contributed by atoms with Gasteiger partial charge in [-0.2, -0.15) is 4.98 Å². The minimum absolute atomic E-state index is 0.0353. The van der Waals surface area contributed by atoms with Crippen LogP contribution in [0.25, 0.3) is 11.1 Å². The molecule has 1 aliphatic carbocycles. The lowest BCUT2D eigenvalue weighted by molar-refractivity contribution is -0.133. The molecule has 0 atom stereocenters. The molecule has 0 radical (unpaired) electrons. The largest absolute Gasteiger partial charge is 0.481 e. The first kappa shape index (κ1) is 22.3. The third-order valence-electron chi connectivity index (χ3n) is 5.02. The van der Waals surface area contributed by atoms with E-state index in [1.807, 2.05) is 36.4 Å². The highest BCUT2D eigenvalue weighted by molar-refractivity contribution is 7.99. The Kier molecular flexibility index (Phi) is 6.89. The summed E-state index contributed by atoms with van der Waals surface area (Å²) in [6.07, 6.45) is -0.729. The van der Waals surface area contributed by atoms with E-state index in [0.29, 0.717) is 5.75 Å². The molecule has 1 aliphatic rings. The molecule has 0 saturated heterocycles. The third-order valence-corrected chi connectivity index (χ3v) is 5.96. The second-order valence-corrected chi connectivity index (χ2v) is 8.27. The van der Waals surface area contributed by atoms with Crippen LogP contribution in [0.4, 0.5) is 10.7 Å². The smallest absolute Gasteiger partial charge is 0.414 e. The molecule has 3 aromatic rings. The molecule has 10 nitrogen and oxygen atoms in total. The topological polar surface area (TPSA) is 146 Å². The van der Waals surface area contributed by atoms with Gasteiger partial charge in [-0.1, -0.05) is 48.5 Å². The normalized spacial score (nSPS) is 12.0. The number of carboxylic acids is 1. The quantitative estimate of drug-likeness (QED) is 0.351. The van der Waals surface area contributed by atoms with E-state index in [1.165, 1.54) is 11.8 Å². The van der Waals surface area contributed by atoms with Crippen LogP contribution in [-0.2, 0) is 9.53 Å². The zero-order valence-corrected chi connectivity index (χ0v) is 18.2. The van der Waals surface area contributed by atoms with Crippen LogP contribution in [0.5, 0.6) is 0 Å². The lowest BCUT2D eigenvalue weighted by Gasteiger charge is -2.13. The molecule has 0 saturated carbocycles. The number of aromatic nitrogens is 3. The van der Waals surface area contributed by atoms with E-state index in [2.05, 4.69) is 37.9 Å². The van der Waals surface area contributed by atoms with Crippen molar-refractivity contribution < 1.29 is 24.2 Å². The fraction of sp³-hybridized carbons (Fsp3) is 0.227. The lowest BCUT2D eigenvalue weighted by Crippen LogP contribution is -2.27. The van der Waals surface area contributed by atoms with Gasteiger partial charge in [0.1, 0.15) is 6.61 Å². The van der Waals surface area contributed by atoms with Gasteiger partial charge in [0.15, 0.2) is 0 Å². The maximum absolute atomic E-state index is 12.3. The number of ether oxygens (including phenoxy) is 1. The number of nitrogens with zero attached hydrogens (tertiary/aromatic N) is 2. The van der Waals surface area contributed by atoms with Gasteiger partial charge in [0.05, 0.1) is 5.75 Å². The zero-order valence-electron chi connectivity index (χ0n) is 17.4. The summed E-state index contributed by atoms with van der Waals surface area (Å²) < 4.78 is 5.43. The number of nitrogens with one attached hydrogen (secondary N) is 3. The van der Waals surface area contributed by atoms with E-state index in [-0.39, 0.29) is 36.6 Å². The Morgan fingerprint density at radius 1 is 1.06 bits per heavy atom. The van der Waals surface area contributed by atoms with Gasteiger partial charge in [-0.25, -0.2) is 4.79 Å². The average Bonchev–Trinajstić information content (AvgIpc) is 3.40. The summed E-state index contributed by atoms with van der Waals surface area (Å²) in [7, 11) is 0. The predicted molar refractivity (Wildman–Crippen MR) is 122 cm³/mol. The van der Waals surface area contributed by atoms with Crippen LogP contribution in [-0.4, -0.2) is 62.9 Å². The Hall–Kier alpha value is -3.86. The number of amides is 2. The molecule has 0 aliphatic heterocycles. The van der Waals surface area contributed by atoms with Crippen molar-refractivity contribution in [3.05, 3.63) is 65.5 Å². The summed E-state index contributed by atoms with van der Waals surface area (Å²) in [6, 6.07) is 16.1. The zero-order chi connectivity index (χ0) is 23.2. The lowest BCUT2D eigenvalue weighted by atomic mass is 9.98. The van der Waals surface area contributed by atoms with Crippen LogP contribution >= 0.6 is 11.8 Å². The summed E-state index contributed by atoms with van der Waals surface area (Å²) >= 11 is 1.19. The summed E-state index contributed by atoms with van der Waals surface area (Å²) in [5.41, 5.74) is 4.47. The van der Waals surface area contributed by atoms with Gasteiger partial charge >= 0.3 is 12.1 Å². The number of hydrogen-bond donors (Lipinski definition) is 4. The summed E-state index contributed by atoms with van der Waals surface area (Å²) in [4.78, 5) is 38.8. The van der Waals surface area contributed by atoms with E-state index in [4.69, 9.17) is 9.84 Å². The minimum Gasteiger partial charge on any atom is -0.481 e. The highest BCUT2D eigenvalue weighted by Gasteiger charge is 2.29. The maximum Gasteiger partial charge on any atom is 0.414 e. The molecule has 0 unspecified atom stereocenters. The number of rotatable bonds is 9. The van der Waals surface area contributed by atoms with Gasteiger partial charge in [0, 0.05) is 18.2 Å². The monoisotopic (exact) mass is 467 g/mol. The van der Waals surface area contributed by atoms with Crippen LogP contribution < -0.4 is 10.6 Å². The number of anilines is 1. The van der Waals surface area contributed by atoms with Crippen molar-refractivity contribution in [3.8, 4) is 11.1 Å². The molecule has 0 bridgehead atoms. The van der Waals surface area contributed by atoms with Crippen molar-refractivity contribution in [1.29, 1.82) is 0 Å². The van der Waals surface area contributed by atoms with Crippen LogP contribution in [0.2, 0.25) is 0 Å². The van der Waals surface area contributed by atoms with Gasteiger partial charge in [-0.3, -0.25) is 20.0 Å². The number of hydrogen-bond acceptors (Lipinski definition) is 7. The van der Waals surface area contributed by atoms with Crippen LogP contribution in [0.3, 0.4) is 0 Å². The fourth-order valence-corrected chi connectivity index (χ4v) is 4.19. The number of carbonyl (C=O) groups excluding carboxylic acids is 2. The summed E-state index contributed by atoms with van der Waals surface area (Å²) in [5.74, 6) is -1.26. The molecule has 170 valence electrons. The number of carbonyl (C=O) groups is 3. The molecule has 33 heavy (non-hydrogen) atoms. The first-order valence-corrected chi connectivity index (χ1v) is 11.3. The van der Waals surface area contributed by atoms with Crippen molar-refractivity contribution >= 4 is 35.7 Å². The Balaban J connectivity index is 1.28. The molecule has 1 aromatic heterocycles. The number of fused-ring (bicyclic) bond motifs is 3. The number of aromatic amines is 1. The number of carboxylic acid groups (broad SMARTS) is 1. The number of benzene rings is 2. The van der Waals surface area contributed by atoms with E-state index in [1.54, 1.807) is 0 Å². The van der Waals surface area contributed by atoms with Crippen molar-refractivity contribution in [3.63, 3.8) is 0 Å². The molecule has 4 N–H and O–H groups in total. The molecular formula is C22H21N5O5S. The molecule has 0 fully saturated rings. The van der Waals surface area contributed by atoms with Crippen LogP contribution in [0.1, 0.15) is 27.7 Å². The van der Waals surface area contributed by atoms with Crippen molar-refractivity contribution in [2.24, 2.45) is 0 Å². The molecule has 2 amide bonds. The van der Waals surface area contributed by atoms with E-state index in [9.17, 15) is 14.4 Å². The highest BCUT2D eigenvalue weighted by Crippen LogP contribution is 2.44. The third kappa shape index (κ3) is 5.32. The Labute approximate surface area is 193 Å². The molecule has 0 spiro atoms. The molecule has 11 heteroatoms. The number of aliphatic carboxylic acids is 1. The van der Waals surface area contributed by atoms with Gasteiger partial charge in [0.25, 0.3) is 11.9 Å². The van der Waals surface area contributed by atoms with Crippen LogP contribution in [0, 0.1) is 0 Å². The van der Waals surface area contributed by atoms with Crippen molar-refractivity contribution in [1.82, 2.24) is 20.5 Å². The first-order chi connectivity index (χ1) is 16.0. The second kappa shape index (κ2) is 10.2. The van der Waals surface area contributed by atoms with Gasteiger partial charge < -0.3 is 15.2 Å². The molecular weight excluding hydrogens is 446 g/mol. The van der Waals surface area contributed by atoms with E-state index >= 15 is 0 Å². The standard InChI is InChI=1S/C22H21N5O5S/c28-18(29)12-33-10-9-23-20(30)19-24-21(27-26-19)25-22(31)32-11-17-15-7-3-1-5-13(15)14-6-2-4-8-16(14)17/h1-8,17H,9-12H2,(H,23,30)(H,28,29)(H2,24,25,26,27,31). The maximum atomic E-state index is 12.3. The first-order valence-electron chi connectivity index (χ1n) is 10.1. The Bertz CT molecular complexity index is 1140. The average molecular weight is 468 g/mol. The number of H-pyrrole nitrogens is 1. The Morgan fingerprint density at radius 2 is 1.73 bits per heavy atom. The van der Waals surface area contributed by atoms with Crippen molar-refractivity contribution in [2.75, 3.05) is 30.0 Å². The SMILES string of the molecule is O=C(O)CSCCNC(=O)c1nc(NC(=O)OCC2c3ccccc3-c3ccccc32)n[nH]1. The summed E-state index contributed by atoms with van der Waals surface area (Å²) in [5, 5.41) is 19.8. The highest BCUT2D eigenvalue weighted by atomic mass is 32.2. The fourth-order valence-electron chi connectivity index (χ4n) is 3.62. The van der Waals surface area contributed by atoms with Gasteiger partial charge in [-0.15, -0.1) is 16.9 Å². The molecule has 2 aromatic carbocycles.